The molecule has 0 saturated carbocycles. The molecule has 2 N–H and O–H groups in total. The number of amides is 1. The molecule has 2 aromatic rings. The summed E-state index contributed by atoms with van der Waals surface area (Å²) in [6.07, 6.45) is 2.71. The number of ether oxygens (including phenoxy) is 3. The maximum Gasteiger partial charge on any atom is 0.387 e. The SMILES string of the molecule is NC(=O)c1ccc(OC(F)F)c(OC2CCOC2)c1-c1c(Cl)cncc1Cl. The summed E-state index contributed by atoms with van der Waals surface area (Å²) in [5.41, 5.74) is 5.69. The number of halogens is 4. The Labute approximate surface area is 163 Å². The summed E-state index contributed by atoms with van der Waals surface area (Å²) in [4.78, 5) is 15.8. The van der Waals surface area contributed by atoms with Crippen molar-refractivity contribution in [1.82, 2.24) is 4.98 Å². The molecular weight excluding hydrogens is 405 g/mol. The number of pyridine rings is 1. The van der Waals surface area contributed by atoms with Crippen LogP contribution < -0.4 is 15.2 Å². The number of hydrogen-bond acceptors (Lipinski definition) is 5. The van der Waals surface area contributed by atoms with Crippen LogP contribution in [0.1, 0.15) is 16.8 Å². The van der Waals surface area contributed by atoms with E-state index < -0.39 is 18.6 Å². The first-order valence-electron chi connectivity index (χ1n) is 7.84. The van der Waals surface area contributed by atoms with Crippen LogP contribution in [0.5, 0.6) is 11.5 Å². The van der Waals surface area contributed by atoms with Crippen LogP contribution in [0, 0.1) is 0 Å². The number of benzene rings is 1. The minimum Gasteiger partial charge on any atom is -0.483 e. The van der Waals surface area contributed by atoms with Crippen LogP contribution in [0.25, 0.3) is 11.1 Å². The third-order valence-corrected chi connectivity index (χ3v) is 4.45. The standard InChI is InChI=1S/C17H14Cl2F2N2O4/c18-10-5-23-6-11(19)14(10)13-9(16(22)24)1-2-12(27-17(20)21)15(13)26-8-3-4-25-7-8/h1-2,5-6,8,17H,3-4,7H2,(H2,22,24). The van der Waals surface area contributed by atoms with E-state index in [4.69, 9.17) is 38.4 Å². The molecular formula is C17H14Cl2F2N2O4. The summed E-state index contributed by atoms with van der Waals surface area (Å²) < 4.78 is 41.5. The third-order valence-electron chi connectivity index (χ3n) is 3.88. The van der Waals surface area contributed by atoms with Gasteiger partial charge in [-0.15, -0.1) is 0 Å². The molecule has 0 spiro atoms. The van der Waals surface area contributed by atoms with Gasteiger partial charge in [0, 0.05) is 29.9 Å². The molecule has 1 atom stereocenters. The van der Waals surface area contributed by atoms with Crippen molar-refractivity contribution >= 4 is 29.1 Å². The van der Waals surface area contributed by atoms with E-state index in [9.17, 15) is 13.6 Å². The second-order valence-corrected chi connectivity index (χ2v) is 6.45. The van der Waals surface area contributed by atoms with Crippen LogP contribution in [-0.4, -0.2) is 36.8 Å². The average molecular weight is 419 g/mol. The van der Waals surface area contributed by atoms with Crippen LogP contribution in [0.15, 0.2) is 24.5 Å². The highest BCUT2D eigenvalue weighted by atomic mass is 35.5. The van der Waals surface area contributed by atoms with Gasteiger partial charge in [-0.25, -0.2) is 0 Å². The molecule has 1 aliphatic heterocycles. The minimum absolute atomic E-state index is 0.0134. The Morgan fingerprint density at radius 1 is 1.26 bits per heavy atom. The Hall–Kier alpha value is -2.16. The van der Waals surface area contributed by atoms with Gasteiger partial charge in [-0.05, 0) is 12.1 Å². The van der Waals surface area contributed by atoms with Crippen LogP contribution in [0.3, 0.4) is 0 Å². The second-order valence-electron chi connectivity index (χ2n) is 5.64. The highest BCUT2D eigenvalue weighted by Crippen LogP contribution is 2.47. The fourth-order valence-electron chi connectivity index (χ4n) is 2.75. The summed E-state index contributed by atoms with van der Waals surface area (Å²) in [6.45, 7) is -2.40. The molecule has 3 rings (SSSR count). The molecule has 1 unspecified atom stereocenters. The van der Waals surface area contributed by atoms with E-state index in [2.05, 4.69) is 9.72 Å². The zero-order valence-corrected chi connectivity index (χ0v) is 15.3. The monoisotopic (exact) mass is 418 g/mol. The summed E-state index contributed by atoms with van der Waals surface area (Å²) >= 11 is 12.4. The molecule has 27 heavy (non-hydrogen) atoms. The number of carbonyl (C=O) groups excluding carboxylic acids is 1. The summed E-state index contributed by atoms with van der Waals surface area (Å²) in [5, 5.41) is 0.179. The van der Waals surface area contributed by atoms with E-state index in [0.29, 0.717) is 13.0 Å². The number of nitrogens with zero attached hydrogens (tertiary/aromatic N) is 1. The van der Waals surface area contributed by atoms with Gasteiger partial charge in [-0.1, -0.05) is 23.2 Å². The van der Waals surface area contributed by atoms with E-state index in [0.717, 1.165) is 0 Å². The zero-order valence-electron chi connectivity index (χ0n) is 13.8. The molecule has 0 bridgehead atoms. The number of nitrogens with two attached hydrogens (primary N) is 1. The van der Waals surface area contributed by atoms with Gasteiger partial charge in [0.25, 0.3) is 0 Å². The smallest absolute Gasteiger partial charge is 0.387 e. The first-order valence-corrected chi connectivity index (χ1v) is 8.59. The lowest BCUT2D eigenvalue weighted by atomic mass is 9.98. The molecule has 6 nitrogen and oxygen atoms in total. The summed E-state index contributed by atoms with van der Waals surface area (Å²) in [5.74, 6) is -1.21. The predicted molar refractivity (Wildman–Crippen MR) is 94.7 cm³/mol. The molecule has 0 aliphatic carbocycles. The average Bonchev–Trinajstić information content (AvgIpc) is 3.09. The lowest BCUT2D eigenvalue weighted by Gasteiger charge is -2.22. The highest BCUT2D eigenvalue weighted by Gasteiger charge is 2.28. The van der Waals surface area contributed by atoms with E-state index in [-0.39, 0.29) is 44.8 Å². The first-order chi connectivity index (χ1) is 12.9. The molecule has 1 amide bonds. The Kier molecular flexibility index (Phi) is 5.98. The second kappa shape index (κ2) is 8.24. The maximum atomic E-state index is 12.9. The Bertz CT molecular complexity index is 841. The van der Waals surface area contributed by atoms with E-state index in [1.54, 1.807) is 0 Å². The number of aromatic nitrogens is 1. The molecule has 1 aromatic heterocycles. The number of carbonyl (C=O) groups is 1. The van der Waals surface area contributed by atoms with Crippen LogP contribution >= 0.6 is 23.2 Å². The van der Waals surface area contributed by atoms with E-state index in [1.807, 2.05) is 0 Å². The van der Waals surface area contributed by atoms with Crippen LogP contribution in [-0.2, 0) is 4.74 Å². The van der Waals surface area contributed by atoms with Gasteiger partial charge < -0.3 is 19.9 Å². The molecule has 0 radical (unpaired) electrons. The number of primary amides is 1. The largest absolute Gasteiger partial charge is 0.483 e. The van der Waals surface area contributed by atoms with Gasteiger partial charge in [-0.2, -0.15) is 8.78 Å². The lowest BCUT2D eigenvalue weighted by molar-refractivity contribution is -0.0520. The highest BCUT2D eigenvalue weighted by molar-refractivity contribution is 6.39. The van der Waals surface area contributed by atoms with Crippen molar-refractivity contribution in [2.75, 3.05) is 13.2 Å². The maximum absolute atomic E-state index is 12.9. The fourth-order valence-corrected chi connectivity index (χ4v) is 3.30. The van der Waals surface area contributed by atoms with Gasteiger partial charge in [0.2, 0.25) is 5.91 Å². The molecule has 10 heteroatoms. The van der Waals surface area contributed by atoms with Gasteiger partial charge in [0.15, 0.2) is 11.5 Å². The van der Waals surface area contributed by atoms with Gasteiger partial charge in [0.05, 0.1) is 28.8 Å². The van der Waals surface area contributed by atoms with Crippen molar-refractivity contribution in [2.24, 2.45) is 5.73 Å². The van der Waals surface area contributed by atoms with Crippen molar-refractivity contribution in [3.8, 4) is 22.6 Å². The minimum atomic E-state index is -3.11. The molecule has 1 saturated heterocycles. The predicted octanol–water partition coefficient (Wildman–Crippen LogP) is 3.92. The topological polar surface area (TPSA) is 83.7 Å². The normalized spacial score (nSPS) is 16.6. The molecule has 1 aliphatic rings. The van der Waals surface area contributed by atoms with Gasteiger partial charge in [0.1, 0.15) is 6.10 Å². The van der Waals surface area contributed by atoms with Crippen molar-refractivity contribution in [3.63, 3.8) is 0 Å². The van der Waals surface area contributed by atoms with Gasteiger partial charge in [-0.3, -0.25) is 9.78 Å². The number of rotatable bonds is 6. The third kappa shape index (κ3) is 4.23. The Morgan fingerprint density at radius 2 is 1.96 bits per heavy atom. The van der Waals surface area contributed by atoms with Crippen LogP contribution in [0.2, 0.25) is 10.0 Å². The number of hydrogen-bond donors (Lipinski definition) is 1. The lowest BCUT2D eigenvalue weighted by Crippen LogP contribution is -2.20. The Balaban J connectivity index is 2.27. The molecule has 1 fully saturated rings. The van der Waals surface area contributed by atoms with Crippen molar-refractivity contribution < 1.29 is 27.8 Å². The van der Waals surface area contributed by atoms with E-state index >= 15 is 0 Å². The molecule has 1 aromatic carbocycles. The quantitative estimate of drug-likeness (QED) is 0.768. The van der Waals surface area contributed by atoms with Crippen molar-refractivity contribution in [1.29, 1.82) is 0 Å². The Morgan fingerprint density at radius 3 is 2.52 bits per heavy atom. The van der Waals surface area contributed by atoms with Gasteiger partial charge >= 0.3 is 6.61 Å². The zero-order chi connectivity index (χ0) is 19.6. The fraction of sp³-hybridized carbons (Fsp3) is 0.294. The first kappa shape index (κ1) is 19.6. The van der Waals surface area contributed by atoms with Crippen molar-refractivity contribution in [2.45, 2.75) is 19.1 Å². The van der Waals surface area contributed by atoms with E-state index in [1.165, 1.54) is 24.5 Å². The number of alkyl halides is 2. The molecule has 144 valence electrons. The van der Waals surface area contributed by atoms with Crippen molar-refractivity contribution in [3.05, 3.63) is 40.1 Å². The summed E-state index contributed by atoms with van der Waals surface area (Å²) in [7, 11) is 0. The van der Waals surface area contributed by atoms with Crippen LogP contribution in [0.4, 0.5) is 8.78 Å². The summed E-state index contributed by atoms with van der Waals surface area (Å²) in [6, 6.07) is 2.43. The molecule has 2 heterocycles.